The molecule has 0 saturated carbocycles. The quantitative estimate of drug-likeness (QED) is 0.784. The fourth-order valence-electron chi connectivity index (χ4n) is 1.72. The maximum absolute atomic E-state index is 5.66. The van der Waals surface area contributed by atoms with Crippen LogP contribution in [0.5, 0.6) is 5.75 Å². The summed E-state index contributed by atoms with van der Waals surface area (Å²) < 4.78 is 12.0. The molecule has 2 aromatic rings. The highest BCUT2D eigenvalue weighted by atomic mass is 79.9. The number of ether oxygens (including phenoxy) is 1. The minimum atomic E-state index is 0.282. The lowest BCUT2D eigenvalue weighted by molar-refractivity contribution is 0.260. The zero-order valence-corrected chi connectivity index (χ0v) is 13.2. The molecule has 0 saturated heterocycles. The summed E-state index contributed by atoms with van der Waals surface area (Å²) in [5.74, 6) is 1.82. The minimum absolute atomic E-state index is 0.282. The van der Waals surface area contributed by atoms with Gasteiger partial charge in [-0.15, -0.1) is 10.2 Å². The lowest BCUT2D eigenvalue weighted by atomic mass is 10.2. The van der Waals surface area contributed by atoms with E-state index in [1.807, 2.05) is 18.2 Å². The van der Waals surface area contributed by atoms with Crippen molar-refractivity contribution >= 4 is 15.9 Å². The van der Waals surface area contributed by atoms with Gasteiger partial charge in [0.2, 0.25) is 5.89 Å². The minimum Gasteiger partial charge on any atom is -0.484 e. The van der Waals surface area contributed by atoms with Gasteiger partial charge in [0.15, 0.2) is 6.61 Å². The van der Waals surface area contributed by atoms with Crippen LogP contribution in [0, 0.1) is 6.92 Å². The van der Waals surface area contributed by atoms with E-state index in [2.05, 4.69) is 38.4 Å². The summed E-state index contributed by atoms with van der Waals surface area (Å²) in [7, 11) is 0. The Morgan fingerprint density at radius 1 is 1.35 bits per heavy atom. The van der Waals surface area contributed by atoms with Crippen LogP contribution < -0.4 is 10.1 Å². The Morgan fingerprint density at radius 2 is 2.20 bits per heavy atom. The van der Waals surface area contributed by atoms with Gasteiger partial charge in [0, 0.05) is 17.9 Å². The molecule has 0 aliphatic carbocycles. The van der Waals surface area contributed by atoms with Crippen LogP contribution in [0.1, 0.15) is 30.7 Å². The maximum atomic E-state index is 5.66. The van der Waals surface area contributed by atoms with E-state index >= 15 is 0 Å². The number of aryl methyl sites for hydroxylation is 1. The zero-order chi connectivity index (χ0) is 14.4. The van der Waals surface area contributed by atoms with Gasteiger partial charge >= 0.3 is 0 Å². The van der Waals surface area contributed by atoms with Crippen molar-refractivity contribution in [3.8, 4) is 5.75 Å². The van der Waals surface area contributed by atoms with E-state index in [1.165, 1.54) is 0 Å². The van der Waals surface area contributed by atoms with Gasteiger partial charge in [-0.1, -0.05) is 22.9 Å². The summed E-state index contributed by atoms with van der Waals surface area (Å²) in [5, 5.41) is 11.0. The van der Waals surface area contributed by atoms with Crippen molar-refractivity contribution in [1.82, 2.24) is 15.5 Å². The SMILES string of the molecule is CCCNCc1cc(OCc2nnc(C)o2)ccc1Br. The zero-order valence-electron chi connectivity index (χ0n) is 11.6. The molecule has 1 aromatic heterocycles. The summed E-state index contributed by atoms with van der Waals surface area (Å²) in [5.41, 5.74) is 1.16. The van der Waals surface area contributed by atoms with Gasteiger partial charge in [0.25, 0.3) is 5.89 Å². The van der Waals surface area contributed by atoms with Crippen molar-refractivity contribution in [2.24, 2.45) is 0 Å². The highest BCUT2D eigenvalue weighted by molar-refractivity contribution is 9.10. The van der Waals surface area contributed by atoms with Gasteiger partial charge in [-0.05, 0) is 36.7 Å². The van der Waals surface area contributed by atoms with Crippen LogP contribution >= 0.6 is 15.9 Å². The van der Waals surface area contributed by atoms with Crippen molar-refractivity contribution in [2.45, 2.75) is 33.4 Å². The molecule has 0 unspecified atom stereocenters. The third kappa shape index (κ3) is 4.31. The molecular formula is C14H18BrN3O2. The van der Waals surface area contributed by atoms with Gasteiger partial charge < -0.3 is 14.5 Å². The first-order chi connectivity index (χ1) is 9.69. The smallest absolute Gasteiger partial charge is 0.253 e. The Hall–Kier alpha value is -1.40. The monoisotopic (exact) mass is 339 g/mol. The molecule has 108 valence electrons. The Kier molecular flexibility index (Phi) is 5.55. The third-order valence-corrected chi connectivity index (χ3v) is 3.46. The molecule has 5 nitrogen and oxygen atoms in total. The first-order valence-electron chi connectivity index (χ1n) is 6.60. The number of hydrogen-bond acceptors (Lipinski definition) is 5. The molecular weight excluding hydrogens is 322 g/mol. The standard InChI is InChI=1S/C14H18BrN3O2/c1-3-6-16-8-11-7-12(4-5-13(11)15)19-9-14-18-17-10(2)20-14/h4-5,7,16H,3,6,8-9H2,1-2H3. The van der Waals surface area contributed by atoms with E-state index in [0.29, 0.717) is 11.8 Å². The average molecular weight is 340 g/mol. The van der Waals surface area contributed by atoms with E-state index in [0.717, 1.165) is 35.3 Å². The fourth-order valence-corrected chi connectivity index (χ4v) is 2.10. The molecule has 0 amide bonds. The molecule has 2 rings (SSSR count). The normalized spacial score (nSPS) is 10.8. The van der Waals surface area contributed by atoms with Crippen LogP contribution in [0.25, 0.3) is 0 Å². The first-order valence-corrected chi connectivity index (χ1v) is 7.39. The number of benzene rings is 1. The van der Waals surface area contributed by atoms with E-state index in [1.54, 1.807) is 6.92 Å². The lowest BCUT2D eigenvalue weighted by Gasteiger charge is -2.09. The summed E-state index contributed by atoms with van der Waals surface area (Å²) in [6.45, 7) is 6.00. The van der Waals surface area contributed by atoms with Crippen LogP contribution in [0.4, 0.5) is 0 Å². The number of rotatable bonds is 7. The van der Waals surface area contributed by atoms with Crippen molar-refractivity contribution in [3.05, 3.63) is 40.0 Å². The molecule has 0 aliphatic heterocycles. The lowest BCUT2D eigenvalue weighted by Crippen LogP contribution is -2.14. The summed E-state index contributed by atoms with van der Waals surface area (Å²) in [6, 6.07) is 5.91. The van der Waals surface area contributed by atoms with Gasteiger partial charge in [0.05, 0.1) is 0 Å². The molecule has 6 heteroatoms. The second-order valence-corrected chi connectivity index (χ2v) is 5.29. The molecule has 0 spiro atoms. The molecule has 0 radical (unpaired) electrons. The van der Waals surface area contributed by atoms with Crippen molar-refractivity contribution < 1.29 is 9.15 Å². The average Bonchev–Trinajstić information content (AvgIpc) is 2.85. The van der Waals surface area contributed by atoms with Crippen molar-refractivity contribution in [3.63, 3.8) is 0 Å². The largest absolute Gasteiger partial charge is 0.484 e. The topological polar surface area (TPSA) is 60.2 Å². The van der Waals surface area contributed by atoms with Crippen molar-refractivity contribution in [1.29, 1.82) is 0 Å². The van der Waals surface area contributed by atoms with Crippen LogP contribution in [0.3, 0.4) is 0 Å². The van der Waals surface area contributed by atoms with E-state index in [-0.39, 0.29) is 6.61 Å². The Bertz CT molecular complexity index is 557. The molecule has 0 aliphatic rings. The maximum Gasteiger partial charge on any atom is 0.253 e. The molecule has 0 fully saturated rings. The summed E-state index contributed by atoms with van der Waals surface area (Å²) >= 11 is 3.55. The van der Waals surface area contributed by atoms with Crippen molar-refractivity contribution in [2.75, 3.05) is 6.54 Å². The highest BCUT2D eigenvalue weighted by Gasteiger charge is 2.06. The number of aromatic nitrogens is 2. The fraction of sp³-hybridized carbons (Fsp3) is 0.429. The van der Waals surface area contributed by atoms with Gasteiger partial charge in [0.1, 0.15) is 5.75 Å². The highest BCUT2D eigenvalue weighted by Crippen LogP contribution is 2.23. The van der Waals surface area contributed by atoms with Gasteiger partial charge in [-0.3, -0.25) is 0 Å². The Morgan fingerprint density at radius 3 is 2.90 bits per heavy atom. The van der Waals surface area contributed by atoms with E-state index in [4.69, 9.17) is 9.15 Å². The predicted molar refractivity (Wildman–Crippen MR) is 79.5 cm³/mol. The Balaban J connectivity index is 1.95. The molecule has 1 aromatic carbocycles. The Labute approximate surface area is 126 Å². The predicted octanol–water partition coefficient (Wildman–Crippen LogP) is 3.22. The second kappa shape index (κ2) is 7.40. The van der Waals surface area contributed by atoms with Crippen LogP contribution in [0.2, 0.25) is 0 Å². The summed E-state index contributed by atoms with van der Waals surface area (Å²) in [4.78, 5) is 0. The molecule has 0 bridgehead atoms. The second-order valence-electron chi connectivity index (χ2n) is 4.43. The van der Waals surface area contributed by atoms with Gasteiger partial charge in [-0.2, -0.15) is 0 Å². The third-order valence-electron chi connectivity index (χ3n) is 2.69. The summed E-state index contributed by atoms with van der Waals surface area (Å²) in [6.07, 6.45) is 1.12. The van der Waals surface area contributed by atoms with Crippen LogP contribution in [-0.2, 0) is 13.2 Å². The number of halogens is 1. The number of nitrogens with zero attached hydrogens (tertiary/aromatic N) is 2. The van der Waals surface area contributed by atoms with Gasteiger partial charge in [-0.25, -0.2) is 0 Å². The molecule has 20 heavy (non-hydrogen) atoms. The molecule has 1 N–H and O–H groups in total. The first kappa shape index (κ1) is 15.0. The van der Waals surface area contributed by atoms with E-state index < -0.39 is 0 Å². The molecule has 0 atom stereocenters. The van der Waals surface area contributed by atoms with Crippen LogP contribution in [0.15, 0.2) is 27.1 Å². The van der Waals surface area contributed by atoms with Crippen LogP contribution in [-0.4, -0.2) is 16.7 Å². The number of nitrogens with one attached hydrogen (secondary N) is 1. The number of hydrogen-bond donors (Lipinski definition) is 1. The van der Waals surface area contributed by atoms with E-state index in [9.17, 15) is 0 Å². The molecule has 1 heterocycles.